The zero-order valence-corrected chi connectivity index (χ0v) is 12.7. The van der Waals surface area contributed by atoms with Gasteiger partial charge in [-0.05, 0) is 13.8 Å². The number of hydrogen-bond donors (Lipinski definition) is 1. The summed E-state index contributed by atoms with van der Waals surface area (Å²) in [5.41, 5.74) is 0. The number of nitrogens with zero attached hydrogens (tertiary/aromatic N) is 1. The first-order valence-corrected chi connectivity index (χ1v) is 7.77. The standard InChI is InChI=1S/C11H19FN2O3S.ClH/c1-11(2)7-14(3-4-18(11,16)17)10(15)9-5-8(12)6-13-9;/h8-9,13H,3-7H2,1-2H3;1H/t8-,9+;/m0./s1. The Morgan fingerprint density at radius 1 is 1.42 bits per heavy atom. The van der Waals surface area contributed by atoms with E-state index >= 15 is 0 Å². The first-order valence-electron chi connectivity index (χ1n) is 6.11. The summed E-state index contributed by atoms with van der Waals surface area (Å²) in [5.74, 6) is -0.199. The van der Waals surface area contributed by atoms with Crippen LogP contribution in [-0.4, -0.2) is 61.6 Å². The Morgan fingerprint density at radius 2 is 2.05 bits per heavy atom. The number of hydrogen-bond acceptors (Lipinski definition) is 4. The van der Waals surface area contributed by atoms with Gasteiger partial charge in [0.2, 0.25) is 5.91 Å². The van der Waals surface area contributed by atoms with Gasteiger partial charge in [0.05, 0.1) is 16.5 Å². The maximum Gasteiger partial charge on any atom is 0.239 e. The second-order valence-electron chi connectivity index (χ2n) is 5.63. The van der Waals surface area contributed by atoms with Crippen LogP contribution >= 0.6 is 12.4 Å². The van der Waals surface area contributed by atoms with E-state index in [-0.39, 0.29) is 50.1 Å². The molecule has 19 heavy (non-hydrogen) atoms. The van der Waals surface area contributed by atoms with Crippen molar-refractivity contribution >= 4 is 28.2 Å². The van der Waals surface area contributed by atoms with E-state index in [1.165, 1.54) is 4.90 Å². The fourth-order valence-electron chi connectivity index (χ4n) is 2.43. The monoisotopic (exact) mass is 314 g/mol. The maximum absolute atomic E-state index is 13.0. The van der Waals surface area contributed by atoms with Gasteiger partial charge in [-0.15, -0.1) is 12.4 Å². The van der Waals surface area contributed by atoms with Crippen molar-refractivity contribution in [2.45, 2.75) is 37.2 Å². The SMILES string of the molecule is CC1(C)CN(C(=O)[C@H]2C[C@H](F)CN2)CCS1(=O)=O.Cl. The van der Waals surface area contributed by atoms with E-state index in [2.05, 4.69) is 5.32 Å². The third-order valence-electron chi connectivity index (χ3n) is 3.73. The maximum atomic E-state index is 13.0. The van der Waals surface area contributed by atoms with Crippen LogP contribution in [0.4, 0.5) is 4.39 Å². The Hall–Kier alpha value is -0.400. The molecule has 2 rings (SSSR count). The van der Waals surface area contributed by atoms with Crippen molar-refractivity contribution in [3.63, 3.8) is 0 Å². The first-order chi connectivity index (χ1) is 8.23. The van der Waals surface area contributed by atoms with Gasteiger partial charge in [0.1, 0.15) is 6.17 Å². The Labute approximate surface area is 119 Å². The van der Waals surface area contributed by atoms with Crippen LogP contribution in [0, 0.1) is 0 Å². The molecule has 0 aliphatic carbocycles. The molecule has 1 amide bonds. The van der Waals surface area contributed by atoms with E-state index in [0.717, 1.165) is 0 Å². The molecule has 0 saturated carbocycles. The summed E-state index contributed by atoms with van der Waals surface area (Å²) < 4.78 is 35.8. The summed E-state index contributed by atoms with van der Waals surface area (Å²) in [5, 5.41) is 2.84. The Bertz CT molecular complexity index is 455. The van der Waals surface area contributed by atoms with Crippen molar-refractivity contribution < 1.29 is 17.6 Å². The van der Waals surface area contributed by atoms with Crippen LogP contribution in [0.15, 0.2) is 0 Å². The van der Waals surface area contributed by atoms with Gasteiger partial charge < -0.3 is 10.2 Å². The van der Waals surface area contributed by atoms with E-state index in [9.17, 15) is 17.6 Å². The summed E-state index contributed by atoms with van der Waals surface area (Å²) in [6, 6.07) is -0.503. The molecule has 0 aromatic heterocycles. The van der Waals surface area contributed by atoms with Gasteiger partial charge in [-0.3, -0.25) is 4.79 Å². The lowest BCUT2D eigenvalue weighted by Gasteiger charge is -2.38. The molecule has 1 N–H and O–H groups in total. The van der Waals surface area contributed by atoms with Gasteiger partial charge in [0.15, 0.2) is 9.84 Å². The van der Waals surface area contributed by atoms with Gasteiger partial charge in [-0.1, -0.05) is 0 Å². The third-order valence-corrected chi connectivity index (χ3v) is 6.26. The van der Waals surface area contributed by atoms with Gasteiger partial charge in [0.25, 0.3) is 0 Å². The molecule has 0 aromatic carbocycles. The molecule has 5 nitrogen and oxygen atoms in total. The number of carbonyl (C=O) groups is 1. The van der Waals surface area contributed by atoms with Crippen LogP contribution in [0.3, 0.4) is 0 Å². The number of rotatable bonds is 1. The minimum atomic E-state index is -3.15. The molecule has 2 saturated heterocycles. The number of alkyl halides is 1. The molecule has 0 spiro atoms. The Kier molecular flexibility index (Phi) is 4.85. The number of nitrogens with one attached hydrogen (secondary N) is 1. The minimum absolute atomic E-state index is 0. The highest BCUT2D eigenvalue weighted by atomic mass is 35.5. The lowest BCUT2D eigenvalue weighted by Crippen LogP contribution is -2.57. The number of amides is 1. The van der Waals surface area contributed by atoms with Crippen molar-refractivity contribution in [2.24, 2.45) is 0 Å². The van der Waals surface area contributed by atoms with Crippen molar-refractivity contribution in [3.8, 4) is 0 Å². The zero-order valence-electron chi connectivity index (χ0n) is 11.1. The van der Waals surface area contributed by atoms with Crippen molar-refractivity contribution in [3.05, 3.63) is 0 Å². The largest absolute Gasteiger partial charge is 0.339 e. The molecule has 2 aliphatic rings. The first kappa shape index (κ1) is 16.7. The minimum Gasteiger partial charge on any atom is -0.339 e. The third kappa shape index (κ3) is 3.20. The molecular weight excluding hydrogens is 295 g/mol. The quantitative estimate of drug-likeness (QED) is 0.748. The summed E-state index contributed by atoms with van der Waals surface area (Å²) >= 11 is 0. The topological polar surface area (TPSA) is 66.5 Å². The molecule has 0 unspecified atom stereocenters. The fourth-order valence-corrected chi connectivity index (χ4v) is 3.80. The predicted molar refractivity (Wildman–Crippen MR) is 73.0 cm³/mol. The molecular formula is C11H20ClFN2O3S. The van der Waals surface area contributed by atoms with Crippen molar-refractivity contribution in [1.82, 2.24) is 10.2 Å². The normalized spacial score (nSPS) is 32.7. The number of carbonyl (C=O) groups excluding carboxylic acids is 1. The van der Waals surface area contributed by atoms with E-state index in [0.29, 0.717) is 0 Å². The molecule has 2 aliphatic heterocycles. The molecule has 0 radical (unpaired) electrons. The van der Waals surface area contributed by atoms with Gasteiger partial charge in [-0.2, -0.15) is 0 Å². The van der Waals surface area contributed by atoms with E-state index < -0.39 is 26.8 Å². The van der Waals surface area contributed by atoms with E-state index in [4.69, 9.17) is 0 Å². The van der Waals surface area contributed by atoms with Crippen LogP contribution in [0.5, 0.6) is 0 Å². The summed E-state index contributed by atoms with van der Waals surface area (Å²) in [7, 11) is -3.15. The van der Waals surface area contributed by atoms with E-state index in [1.54, 1.807) is 13.8 Å². The Morgan fingerprint density at radius 3 is 2.53 bits per heavy atom. The predicted octanol–water partition coefficient (Wildman–Crippen LogP) is 0.144. The average molecular weight is 315 g/mol. The van der Waals surface area contributed by atoms with Gasteiger partial charge in [0, 0.05) is 26.1 Å². The molecule has 8 heteroatoms. The van der Waals surface area contributed by atoms with Crippen LogP contribution in [-0.2, 0) is 14.6 Å². The fraction of sp³-hybridized carbons (Fsp3) is 0.909. The Balaban J connectivity index is 0.00000180. The summed E-state index contributed by atoms with van der Waals surface area (Å²) in [6.07, 6.45) is -0.803. The zero-order chi connectivity index (χ0) is 13.6. The van der Waals surface area contributed by atoms with Crippen LogP contribution in [0.2, 0.25) is 0 Å². The second kappa shape index (κ2) is 5.54. The molecule has 0 bridgehead atoms. The van der Waals surface area contributed by atoms with Gasteiger partial charge >= 0.3 is 0 Å². The van der Waals surface area contributed by atoms with Gasteiger partial charge in [-0.25, -0.2) is 12.8 Å². The van der Waals surface area contributed by atoms with E-state index in [1.807, 2.05) is 0 Å². The van der Waals surface area contributed by atoms with Crippen LogP contribution < -0.4 is 5.32 Å². The molecule has 2 atom stereocenters. The molecule has 2 fully saturated rings. The number of sulfone groups is 1. The molecule has 0 aromatic rings. The highest BCUT2D eigenvalue weighted by molar-refractivity contribution is 7.92. The molecule has 112 valence electrons. The lowest BCUT2D eigenvalue weighted by molar-refractivity contribution is -0.133. The smallest absolute Gasteiger partial charge is 0.239 e. The van der Waals surface area contributed by atoms with Crippen LogP contribution in [0.25, 0.3) is 0 Å². The summed E-state index contributed by atoms with van der Waals surface area (Å²) in [6.45, 7) is 3.85. The van der Waals surface area contributed by atoms with Crippen LogP contribution in [0.1, 0.15) is 20.3 Å². The number of halogens is 2. The highest BCUT2D eigenvalue weighted by Gasteiger charge is 2.43. The average Bonchev–Trinajstić information content (AvgIpc) is 2.68. The lowest BCUT2D eigenvalue weighted by atomic mass is 10.1. The van der Waals surface area contributed by atoms with Crippen molar-refractivity contribution in [1.29, 1.82) is 0 Å². The highest BCUT2D eigenvalue weighted by Crippen LogP contribution is 2.25. The summed E-state index contributed by atoms with van der Waals surface area (Å²) in [4.78, 5) is 13.7. The second-order valence-corrected chi connectivity index (χ2v) is 8.38. The van der Waals surface area contributed by atoms with Crippen molar-refractivity contribution in [2.75, 3.05) is 25.4 Å². The molecule has 2 heterocycles.